The molecule has 0 atom stereocenters. The molecule has 3 N–H and O–H groups in total. The van der Waals surface area contributed by atoms with Crippen LogP contribution in [0.2, 0.25) is 5.02 Å². The van der Waals surface area contributed by atoms with Crippen LogP contribution in [0.4, 0.5) is 5.69 Å². The first kappa shape index (κ1) is 26.7. The standard InChI is InChI=1S/C15H21ClN6O9S2/c16-11-7-12-13(8-14(11)33(17,28)29)32-20(10-18-12)9-15(23)19(3-1-5-30-21(24)25)4-2-6-31-22(26)27/h7-8,18H,1-6,9-10H2,(H2,17,28,29). The fraction of sp³-hybridized carbons (Fsp3) is 0.533. The van der Waals surface area contributed by atoms with E-state index in [1.165, 1.54) is 17.0 Å². The summed E-state index contributed by atoms with van der Waals surface area (Å²) in [6.45, 7) is -0.0508. The highest BCUT2D eigenvalue weighted by Gasteiger charge is 2.25. The van der Waals surface area contributed by atoms with Gasteiger partial charge in [-0.25, -0.2) is 17.9 Å². The second kappa shape index (κ2) is 12.0. The molecule has 1 amide bonds. The molecule has 18 heteroatoms. The molecule has 15 nitrogen and oxygen atoms in total. The third-order valence-electron chi connectivity index (χ3n) is 4.22. The summed E-state index contributed by atoms with van der Waals surface area (Å²) < 4.78 is 25.0. The molecule has 1 aliphatic heterocycles. The molecule has 2 rings (SSSR count). The molecule has 33 heavy (non-hydrogen) atoms. The van der Waals surface area contributed by atoms with Crippen molar-refractivity contribution in [1.82, 2.24) is 9.21 Å². The van der Waals surface area contributed by atoms with Crippen molar-refractivity contribution in [3.63, 3.8) is 0 Å². The van der Waals surface area contributed by atoms with Crippen LogP contribution in [-0.4, -0.2) is 73.2 Å². The number of nitrogens with one attached hydrogen (secondary N) is 1. The lowest BCUT2D eigenvalue weighted by atomic mass is 10.3. The maximum atomic E-state index is 12.8. The number of carbonyl (C=O) groups excluding carboxylic acids is 1. The number of nitrogens with zero attached hydrogens (tertiary/aromatic N) is 4. The summed E-state index contributed by atoms with van der Waals surface area (Å²) >= 11 is 7.10. The number of hydrogen-bond donors (Lipinski definition) is 2. The summed E-state index contributed by atoms with van der Waals surface area (Å²) in [5.74, 6) is -0.351. The molecule has 0 bridgehead atoms. The molecule has 0 saturated heterocycles. The van der Waals surface area contributed by atoms with E-state index in [4.69, 9.17) is 16.7 Å². The minimum absolute atomic E-state index is 0.0334. The van der Waals surface area contributed by atoms with E-state index in [1.807, 2.05) is 0 Å². The van der Waals surface area contributed by atoms with Gasteiger partial charge in [0.05, 0.1) is 37.1 Å². The highest BCUT2D eigenvalue weighted by Crippen LogP contribution is 2.38. The van der Waals surface area contributed by atoms with Crippen molar-refractivity contribution in [3.8, 4) is 0 Å². The van der Waals surface area contributed by atoms with Crippen molar-refractivity contribution >= 4 is 45.2 Å². The summed E-state index contributed by atoms with van der Waals surface area (Å²) in [6.07, 6.45) is 0.348. The first-order valence-electron chi connectivity index (χ1n) is 9.33. The van der Waals surface area contributed by atoms with E-state index in [1.54, 1.807) is 4.31 Å². The minimum Gasteiger partial charge on any atom is -0.370 e. The molecule has 184 valence electrons. The van der Waals surface area contributed by atoms with E-state index in [0.29, 0.717) is 10.6 Å². The van der Waals surface area contributed by atoms with Gasteiger partial charge in [0.2, 0.25) is 15.9 Å². The second-order valence-corrected chi connectivity index (χ2v) is 9.67. The van der Waals surface area contributed by atoms with E-state index < -0.39 is 20.2 Å². The smallest absolute Gasteiger partial charge is 0.294 e. The monoisotopic (exact) mass is 528 g/mol. The van der Waals surface area contributed by atoms with E-state index in [0.717, 1.165) is 11.9 Å². The van der Waals surface area contributed by atoms with Crippen molar-refractivity contribution in [2.45, 2.75) is 22.6 Å². The summed E-state index contributed by atoms with van der Waals surface area (Å²) in [6, 6.07) is 2.74. The Kier molecular flexibility index (Phi) is 9.71. The highest BCUT2D eigenvalue weighted by molar-refractivity contribution is 7.97. The van der Waals surface area contributed by atoms with Crippen LogP contribution in [0, 0.1) is 20.2 Å². The molecule has 0 aliphatic carbocycles. The number of amides is 1. The van der Waals surface area contributed by atoms with Gasteiger partial charge in [-0.2, -0.15) is 0 Å². The number of hydrogen-bond acceptors (Lipinski definition) is 12. The van der Waals surface area contributed by atoms with Crippen LogP contribution in [0.15, 0.2) is 21.9 Å². The van der Waals surface area contributed by atoms with Gasteiger partial charge < -0.3 is 19.9 Å². The minimum atomic E-state index is -4.05. The van der Waals surface area contributed by atoms with Gasteiger partial charge in [-0.3, -0.25) is 4.79 Å². The maximum Gasteiger partial charge on any atom is 0.294 e. The van der Waals surface area contributed by atoms with Crippen LogP contribution >= 0.6 is 23.5 Å². The Labute approximate surface area is 197 Å². The number of carbonyl (C=O) groups is 1. The van der Waals surface area contributed by atoms with Crippen molar-refractivity contribution in [2.24, 2.45) is 5.14 Å². The Morgan fingerprint density at radius 2 is 1.79 bits per heavy atom. The normalized spacial score (nSPS) is 13.5. The molecule has 0 radical (unpaired) electrons. The van der Waals surface area contributed by atoms with Crippen molar-refractivity contribution in [2.75, 3.05) is 44.8 Å². The number of nitrogens with two attached hydrogens (primary N) is 1. The molecule has 0 fully saturated rings. The first-order valence-corrected chi connectivity index (χ1v) is 12.0. The molecular formula is C15H21ClN6O9S2. The van der Waals surface area contributed by atoms with Crippen LogP contribution in [0.5, 0.6) is 0 Å². The quantitative estimate of drug-likeness (QED) is 0.157. The Morgan fingerprint density at radius 1 is 1.21 bits per heavy atom. The Balaban J connectivity index is 2.01. The maximum absolute atomic E-state index is 12.8. The number of anilines is 1. The fourth-order valence-electron chi connectivity index (χ4n) is 2.80. The Hall–Kier alpha value is -2.60. The Morgan fingerprint density at radius 3 is 2.30 bits per heavy atom. The zero-order chi connectivity index (χ0) is 24.6. The van der Waals surface area contributed by atoms with Gasteiger partial charge in [0.25, 0.3) is 10.2 Å². The average molecular weight is 529 g/mol. The molecule has 0 spiro atoms. The van der Waals surface area contributed by atoms with Crippen LogP contribution < -0.4 is 10.5 Å². The fourth-order valence-corrected chi connectivity index (χ4v) is 4.96. The van der Waals surface area contributed by atoms with Crippen LogP contribution in [0.3, 0.4) is 0 Å². The lowest BCUT2D eigenvalue weighted by Gasteiger charge is -2.31. The van der Waals surface area contributed by atoms with Gasteiger partial charge in [0, 0.05) is 18.0 Å². The van der Waals surface area contributed by atoms with Crippen molar-refractivity contribution in [3.05, 3.63) is 37.4 Å². The lowest BCUT2D eigenvalue weighted by Crippen LogP contribution is -2.42. The zero-order valence-electron chi connectivity index (χ0n) is 17.0. The zero-order valence-corrected chi connectivity index (χ0v) is 19.4. The summed E-state index contributed by atoms with van der Waals surface area (Å²) in [5.41, 5.74) is 0.576. The van der Waals surface area contributed by atoms with E-state index in [2.05, 4.69) is 15.0 Å². The number of benzene rings is 1. The average Bonchev–Trinajstić information content (AvgIpc) is 2.71. The summed E-state index contributed by atoms with van der Waals surface area (Å²) in [7, 11) is -4.05. The van der Waals surface area contributed by atoms with Gasteiger partial charge in [-0.05, 0) is 36.9 Å². The molecule has 0 saturated carbocycles. The number of primary sulfonamides is 1. The lowest BCUT2D eigenvalue weighted by molar-refractivity contribution is -0.758. The van der Waals surface area contributed by atoms with Crippen LogP contribution in [0.1, 0.15) is 12.8 Å². The molecule has 0 aromatic heterocycles. The van der Waals surface area contributed by atoms with Gasteiger partial charge in [0.15, 0.2) is 0 Å². The van der Waals surface area contributed by atoms with E-state index in [-0.39, 0.29) is 68.2 Å². The van der Waals surface area contributed by atoms with Crippen LogP contribution in [0.25, 0.3) is 0 Å². The van der Waals surface area contributed by atoms with Crippen LogP contribution in [-0.2, 0) is 24.5 Å². The number of halogens is 1. The topological polar surface area (TPSA) is 200 Å². The summed E-state index contributed by atoms with van der Waals surface area (Å²) in [4.78, 5) is 43.5. The molecule has 1 aromatic carbocycles. The van der Waals surface area contributed by atoms with Gasteiger partial charge >= 0.3 is 0 Å². The number of fused-ring (bicyclic) bond motifs is 1. The van der Waals surface area contributed by atoms with Gasteiger partial charge in [-0.1, -0.05) is 11.6 Å². The largest absolute Gasteiger partial charge is 0.370 e. The number of rotatable bonds is 13. The molecule has 0 unspecified atom stereocenters. The van der Waals surface area contributed by atoms with E-state index in [9.17, 15) is 33.4 Å². The third kappa shape index (κ3) is 8.69. The summed E-state index contributed by atoms with van der Waals surface area (Å²) in [5, 5.41) is 26.8. The van der Waals surface area contributed by atoms with Gasteiger partial charge in [-0.15, -0.1) is 20.2 Å². The van der Waals surface area contributed by atoms with Crippen molar-refractivity contribution < 1.29 is 33.1 Å². The highest BCUT2D eigenvalue weighted by atomic mass is 35.5. The Bertz CT molecular complexity index is 974. The molecular weight excluding hydrogens is 508 g/mol. The molecule has 1 heterocycles. The van der Waals surface area contributed by atoms with Gasteiger partial charge in [0.1, 0.15) is 4.90 Å². The number of sulfonamides is 1. The predicted octanol–water partition coefficient (Wildman–Crippen LogP) is 0.705. The third-order valence-corrected chi connectivity index (χ3v) is 6.64. The predicted molar refractivity (Wildman–Crippen MR) is 116 cm³/mol. The second-order valence-electron chi connectivity index (χ2n) is 6.59. The van der Waals surface area contributed by atoms with E-state index >= 15 is 0 Å². The van der Waals surface area contributed by atoms with Crippen molar-refractivity contribution in [1.29, 1.82) is 0 Å². The SMILES string of the molecule is NS(=O)(=O)c1cc2c(cc1Cl)NCN(CC(=O)N(CCCO[N+](=O)[O-])CCCO[N+](=O)[O-])S2. The molecule has 1 aromatic rings. The molecule has 1 aliphatic rings. The first-order chi connectivity index (χ1) is 15.5.